The second kappa shape index (κ2) is 10.7. The number of alkyl halides is 3. The molecule has 0 aromatic heterocycles. The van der Waals surface area contributed by atoms with Crippen LogP contribution in [0.5, 0.6) is 5.75 Å². The van der Waals surface area contributed by atoms with Gasteiger partial charge in [0.25, 0.3) is 0 Å². The van der Waals surface area contributed by atoms with Crippen molar-refractivity contribution in [2.45, 2.75) is 38.3 Å². The van der Waals surface area contributed by atoms with Crippen LogP contribution in [0, 0.1) is 0 Å². The molecule has 1 heterocycles. The highest BCUT2D eigenvalue weighted by atomic mass is 127. The molecule has 1 aromatic rings. The maximum atomic E-state index is 12.4. The Hall–Kier alpha value is -1.23. The van der Waals surface area contributed by atoms with Gasteiger partial charge in [-0.3, -0.25) is 4.99 Å². The summed E-state index contributed by atoms with van der Waals surface area (Å²) in [6, 6.07) is 6.03. The number of nitrogens with zero attached hydrogens (tertiary/aromatic N) is 1. The van der Waals surface area contributed by atoms with E-state index in [1.807, 2.05) is 0 Å². The fourth-order valence-corrected chi connectivity index (χ4v) is 2.50. The van der Waals surface area contributed by atoms with Crippen molar-refractivity contribution in [2.75, 3.05) is 20.2 Å². The molecule has 9 heteroatoms. The Morgan fingerprint density at radius 3 is 2.72 bits per heavy atom. The van der Waals surface area contributed by atoms with Crippen molar-refractivity contribution in [1.29, 1.82) is 0 Å². The topological polar surface area (TPSA) is 54.9 Å². The minimum atomic E-state index is -4.71. The zero-order valence-corrected chi connectivity index (χ0v) is 16.3. The summed E-state index contributed by atoms with van der Waals surface area (Å²) >= 11 is 0. The normalized spacial score (nSPS) is 17.8. The standard InChI is InChI=1S/C16H22F3N3O2.HI/c1-20-15(21-9-8-13-6-4-10-23-13)22-11-12-5-2-3-7-14(12)24-16(17,18)19;/h2-3,5,7,13H,4,6,8-11H2,1H3,(H2,20,21,22);1H. The first-order valence-corrected chi connectivity index (χ1v) is 7.87. The second-order valence-corrected chi connectivity index (χ2v) is 5.43. The van der Waals surface area contributed by atoms with Crippen LogP contribution in [0.1, 0.15) is 24.8 Å². The lowest BCUT2D eigenvalue weighted by molar-refractivity contribution is -0.274. The van der Waals surface area contributed by atoms with Crippen LogP contribution in [-0.2, 0) is 11.3 Å². The number of aliphatic imine (C=N–C) groups is 1. The predicted octanol–water partition coefficient (Wildman–Crippen LogP) is 3.44. The summed E-state index contributed by atoms with van der Waals surface area (Å²) in [5.41, 5.74) is 0.400. The average Bonchev–Trinajstić information content (AvgIpc) is 3.04. The molecule has 0 bridgehead atoms. The monoisotopic (exact) mass is 473 g/mol. The molecule has 0 spiro atoms. The van der Waals surface area contributed by atoms with Gasteiger partial charge in [0.15, 0.2) is 5.96 Å². The molecule has 0 saturated carbocycles. The van der Waals surface area contributed by atoms with Crippen LogP contribution in [0.3, 0.4) is 0 Å². The van der Waals surface area contributed by atoms with Crippen molar-refractivity contribution in [1.82, 2.24) is 10.6 Å². The van der Waals surface area contributed by atoms with E-state index >= 15 is 0 Å². The van der Waals surface area contributed by atoms with Gasteiger partial charge in [-0.2, -0.15) is 0 Å². The van der Waals surface area contributed by atoms with Gasteiger partial charge in [-0.25, -0.2) is 0 Å². The second-order valence-electron chi connectivity index (χ2n) is 5.43. The SMILES string of the molecule is CN=C(NCCC1CCCO1)NCc1ccccc1OC(F)(F)F.I. The lowest BCUT2D eigenvalue weighted by Gasteiger charge is -2.16. The van der Waals surface area contributed by atoms with E-state index in [-0.39, 0.29) is 42.4 Å². The number of halogens is 4. The van der Waals surface area contributed by atoms with Crippen LogP contribution in [0.2, 0.25) is 0 Å². The third-order valence-corrected chi connectivity index (χ3v) is 3.65. The van der Waals surface area contributed by atoms with Gasteiger partial charge in [0.2, 0.25) is 0 Å². The van der Waals surface area contributed by atoms with Crippen molar-refractivity contribution >= 4 is 29.9 Å². The summed E-state index contributed by atoms with van der Waals surface area (Å²) in [7, 11) is 1.61. The van der Waals surface area contributed by atoms with E-state index < -0.39 is 6.36 Å². The van der Waals surface area contributed by atoms with Crippen LogP contribution in [-0.4, -0.2) is 38.6 Å². The van der Waals surface area contributed by atoms with Crippen LogP contribution >= 0.6 is 24.0 Å². The number of hydrogen-bond donors (Lipinski definition) is 2. The van der Waals surface area contributed by atoms with Gasteiger partial charge < -0.3 is 20.1 Å². The fourth-order valence-electron chi connectivity index (χ4n) is 2.50. The highest BCUT2D eigenvalue weighted by molar-refractivity contribution is 14.0. The van der Waals surface area contributed by atoms with Gasteiger partial charge in [-0.15, -0.1) is 37.1 Å². The van der Waals surface area contributed by atoms with Crippen molar-refractivity contribution in [3.63, 3.8) is 0 Å². The quantitative estimate of drug-likeness (QED) is 0.378. The van der Waals surface area contributed by atoms with Crippen LogP contribution in [0.4, 0.5) is 13.2 Å². The molecule has 25 heavy (non-hydrogen) atoms. The number of hydrogen-bond acceptors (Lipinski definition) is 3. The molecule has 142 valence electrons. The van der Waals surface area contributed by atoms with Crippen LogP contribution < -0.4 is 15.4 Å². The third-order valence-electron chi connectivity index (χ3n) is 3.65. The molecule has 0 amide bonds. The first kappa shape index (κ1) is 21.8. The van der Waals surface area contributed by atoms with Gasteiger partial charge in [0.1, 0.15) is 5.75 Å². The highest BCUT2D eigenvalue weighted by Crippen LogP contribution is 2.26. The lowest BCUT2D eigenvalue weighted by Crippen LogP contribution is -2.38. The van der Waals surface area contributed by atoms with E-state index in [0.29, 0.717) is 18.1 Å². The Kier molecular flexibility index (Phi) is 9.33. The Balaban J connectivity index is 0.00000312. The summed E-state index contributed by atoms with van der Waals surface area (Å²) in [4.78, 5) is 4.06. The molecule has 5 nitrogen and oxygen atoms in total. The van der Waals surface area contributed by atoms with Crippen molar-refractivity contribution in [3.05, 3.63) is 29.8 Å². The molecule has 1 unspecified atom stereocenters. The molecule has 2 N–H and O–H groups in total. The predicted molar refractivity (Wildman–Crippen MR) is 100 cm³/mol. The molecule has 2 rings (SSSR count). The first-order chi connectivity index (χ1) is 11.5. The summed E-state index contributed by atoms with van der Waals surface area (Å²) in [6.07, 6.45) is -1.41. The van der Waals surface area contributed by atoms with E-state index in [0.717, 1.165) is 25.9 Å². The molecule has 0 aliphatic carbocycles. The van der Waals surface area contributed by atoms with Gasteiger partial charge in [0, 0.05) is 32.3 Å². The summed E-state index contributed by atoms with van der Waals surface area (Å²) in [5.74, 6) is 0.308. The number of para-hydroxylation sites is 1. The smallest absolute Gasteiger partial charge is 0.405 e. The number of nitrogens with one attached hydrogen (secondary N) is 2. The van der Waals surface area contributed by atoms with Gasteiger partial charge in [-0.1, -0.05) is 18.2 Å². The van der Waals surface area contributed by atoms with Gasteiger partial charge in [0.05, 0.1) is 6.10 Å². The number of ether oxygens (including phenoxy) is 2. The molecule has 1 aromatic carbocycles. The van der Waals surface area contributed by atoms with E-state index in [1.165, 1.54) is 12.1 Å². The molecule has 1 fully saturated rings. The largest absolute Gasteiger partial charge is 0.573 e. The summed E-state index contributed by atoms with van der Waals surface area (Å²) in [6.45, 7) is 1.67. The highest BCUT2D eigenvalue weighted by Gasteiger charge is 2.31. The molecular weight excluding hydrogens is 450 g/mol. The van der Waals surface area contributed by atoms with Gasteiger partial charge >= 0.3 is 6.36 Å². The summed E-state index contributed by atoms with van der Waals surface area (Å²) < 4.78 is 46.8. The Bertz CT molecular complexity index is 550. The molecule has 1 aliphatic heterocycles. The maximum absolute atomic E-state index is 12.4. The van der Waals surface area contributed by atoms with E-state index in [9.17, 15) is 13.2 Å². The maximum Gasteiger partial charge on any atom is 0.573 e. The number of rotatable bonds is 6. The van der Waals surface area contributed by atoms with Crippen molar-refractivity contribution in [2.24, 2.45) is 4.99 Å². The number of guanidine groups is 1. The Morgan fingerprint density at radius 1 is 1.32 bits per heavy atom. The van der Waals surface area contributed by atoms with Gasteiger partial charge in [-0.05, 0) is 25.3 Å². The lowest BCUT2D eigenvalue weighted by atomic mass is 10.2. The average molecular weight is 473 g/mol. The Morgan fingerprint density at radius 2 is 2.08 bits per heavy atom. The van der Waals surface area contributed by atoms with E-state index in [1.54, 1.807) is 19.2 Å². The van der Waals surface area contributed by atoms with Crippen molar-refractivity contribution in [3.8, 4) is 5.75 Å². The molecular formula is C16H23F3IN3O2. The van der Waals surface area contributed by atoms with Crippen LogP contribution in [0.25, 0.3) is 0 Å². The summed E-state index contributed by atoms with van der Waals surface area (Å²) in [5, 5.41) is 6.12. The Labute approximate surface area is 162 Å². The zero-order valence-electron chi connectivity index (χ0n) is 13.9. The first-order valence-electron chi connectivity index (χ1n) is 7.87. The molecule has 0 radical (unpaired) electrons. The van der Waals surface area contributed by atoms with Crippen LogP contribution in [0.15, 0.2) is 29.3 Å². The fraction of sp³-hybridized carbons (Fsp3) is 0.562. The molecule has 1 atom stereocenters. The zero-order chi connectivity index (χ0) is 17.4. The minimum absolute atomic E-state index is 0. The minimum Gasteiger partial charge on any atom is -0.405 e. The molecule has 1 saturated heterocycles. The van der Waals surface area contributed by atoms with Crippen molar-refractivity contribution < 1.29 is 22.6 Å². The molecule has 1 aliphatic rings. The number of benzene rings is 1. The van der Waals surface area contributed by atoms with E-state index in [2.05, 4.69) is 20.4 Å². The third kappa shape index (κ3) is 8.13. The van der Waals surface area contributed by atoms with E-state index in [4.69, 9.17) is 4.74 Å².